The summed E-state index contributed by atoms with van der Waals surface area (Å²) >= 11 is 0. The van der Waals surface area contributed by atoms with Crippen LogP contribution in [0.2, 0.25) is 0 Å². The molecule has 1 aromatic heterocycles. The Morgan fingerprint density at radius 2 is 1.59 bits per heavy atom. The highest BCUT2D eigenvalue weighted by Crippen LogP contribution is 2.17. The molecule has 10 heteroatoms. The summed E-state index contributed by atoms with van der Waals surface area (Å²) in [4.78, 5) is 7.82. The van der Waals surface area contributed by atoms with E-state index in [9.17, 15) is 16.8 Å². The molecule has 1 aromatic carbocycles. The number of benzene rings is 1. The first-order valence-electron chi connectivity index (χ1n) is 6.06. The Hall–Kier alpha value is -2.20. The Balaban J connectivity index is 2.23. The second-order valence-electron chi connectivity index (χ2n) is 4.49. The summed E-state index contributed by atoms with van der Waals surface area (Å²) in [7, 11) is -7.22. The van der Waals surface area contributed by atoms with Gasteiger partial charge in [0, 0.05) is 11.9 Å². The smallest absolute Gasteiger partial charge is 0.263 e. The van der Waals surface area contributed by atoms with Crippen molar-refractivity contribution in [2.75, 3.05) is 15.7 Å². The summed E-state index contributed by atoms with van der Waals surface area (Å²) in [5.74, 6) is 0.596. The normalized spacial score (nSPS) is 11.9. The maximum Gasteiger partial charge on any atom is 0.263 e. The molecule has 118 valence electrons. The highest BCUT2D eigenvalue weighted by Gasteiger charge is 2.15. The first-order chi connectivity index (χ1) is 10.2. The monoisotopic (exact) mass is 342 g/mol. The molecule has 0 bridgehead atoms. The summed E-state index contributed by atoms with van der Waals surface area (Å²) in [6.07, 6.45) is 2.45. The van der Waals surface area contributed by atoms with Crippen LogP contribution in [0.15, 0.2) is 41.4 Å². The topological polar surface area (TPSA) is 118 Å². The van der Waals surface area contributed by atoms with E-state index in [-0.39, 0.29) is 16.4 Å². The van der Waals surface area contributed by atoms with Gasteiger partial charge in [0.15, 0.2) is 0 Å². The van der Waals surface area contributed by atoms with Crippen LogP contribution in [-0.4, -0.2) is 33.1 Å². The van der Waals surface area contributed by atoms with Gasteiger partial charge >= 0.3 is 0 Å². The molecule has 0 radical (unpaired) electrons. The Morgan fingerprint density at radius 3 is 2.14 bits per heavy atom. The summed E-state index contributed by atoms with van der Waals surface area (Å²) in [6, 6.07) is 6.75. The van der Waals surface area contributed by atoms with Crippen molar-refractivity contribution in [3.05, 3.63) is 42.4 Å². The molecule has 8 nitrogen and oxygen atoms in total. The lowest BCUT2D eigenvalue weighted by molar-refractivity contribution is 0.600. The molecule has 0 saturated carbocycles. The number of rotatable bonds is 5. The van der Waals surface area contributed by atoms with E-state index in [1.54, 1.807) is 6.92 Å². The van der Waals surface area contributed by atoms with E-state index >= 15 is 0 Å². The highest BCUT2D eigenvalue weighted by atomic mass is 32.2. The van der Waals surface area contributed by atoms with E-state index < -0.39 is 20.0 Å². The summed E-state index contributed by atoms with van der Waals surface area (Å²) in [5.41, 5.74) is 0.277. The zero-order chi connectivity index (χ0) is 16.4. The van der Waals surface area contributed by atoms with Gasteiger partial charge in [-0.1, -0.05) is 0 Å². The van der Waals surface area contributed by atoms with Gasteiger partial charge in [0.2, 0.25) is 10.0 Å². The Bertz CT molecular complexity index is 878. The average Bonchev–Trinajstić information content (AvgIpc) is 2.36. The molecule has 1 heterocycles. The van der Waals surface area contributed by atoms with Gasteiger partial charge in [0.05, 0.1) is 11.2 Å². The molecule has 0 aliphatic carbocycles. The van der Waals surface area contributed by atoms with Crippen molar-refractivity contribution in [1.29, 1.82) is 0 Å². The third-order valence-corrected chi connectivity index (χ3v) is 4.46. The van der Waals surface area contributed by atoms with E-state index in [1.165, 1.54) is 36.5 Å². The zero-order valence-corrected chi connectivity index (χ0v) is 13.4. The van der Waals surface area contributed by atoms with Crippen LogP contribution >= 0.6 is 0 Å². The quantitative estimate of drug-likeness (QED) is 0.835. The van der Waals surface area contributed by atoms with Crippen molar-refractivity contribution in [2.45, 2.75) is 11.8 Å². The van der Waals surface area contributed by atoms with Gasteiger partial charge in [-0.3, -0.25) is 9.44 Å². The maximum atomic E-state index is 12.2. The maximum absolute atomic E-state index is 12.2. The van der Waals surface area contributed by atoms with Gasteiger partial charge in [-0.15, -0.1) is 0 Å². The van der Waals surface area contributed by atoms with Crippen molar-refractivity contribution in [3.63, 3.8) is 0 Å². The van der Waals surface area contributed by atoms with Gasteiger partial charge in [-0.2, -0.15) is 0 Å². The molecule has 0 spiro atoms. The highest BCUT2D eigenvalue weighted by molar-refractivity contribution is 7.92. The molecule has 0 fully saturated rings. The molecule has 0 atom stereocenters. The molecule has 0 amide bonds. The van der Waals surface area contributed by atoms with Crippen LogP contribution in [0.4, 0.5) is 11.5 Å². The van der Waals surface area contributed by atoms with Crippen LogP contribution < -0.4 is 9.44 Å². The first-order valence-corrected chi connectivity index (χ1v) is 9.43. The van der Waals surface area contributed by atoms with Crippen LogP contribution in [0, 0.1) is 6.92 Å². The molecule has 0 aliphatic rings. The van der Waals surface area contributed by atoms with Crippen LogP contribution in [0.1, 0.15) is 5.82 Å². The molecule has 0 saturated heterocycles. The fourth-order valence-electron chi connectivity index (χ4n) is 1.63. The molecule has 0 aliphatic heterocycles. The number of hydrogen-bond acceptors (Lipinski definition) is 6. The molecule has 2 aromatic rings. The van der Waals surface area contributed by atoms with Gasteiger partial charge in [0.25, 0.3) is 10.0 Å². The number of anilines is 2. The molecule has 2 N–H and O–H groups in total. The van der Waals surface area contributed by atoms with E-state index in [2.05, 4.69) is 19.4 Å². The lowest BCUT2D eigenvalue weighted by Gasteiger charge is -2.09. The van der Waals surface area contributed by atoms with Gasteiger partial charge in [0.1, 0.15) is 11.6 Å². The van der Waals surface area contributed by atoms with Crippen molar-refractivity contribution >= 4 is 31.6 Å². The number of nitrogens with one attached hydrogen (secondary N) is 2. The minimum atomic E-state index is -3.81. The van der Waals surface area contributed by atoms with Crippen LogP contribution in [0.3, 0.4) is 0 Å². The summed E-state index contributed by atoms with van der Waals surface area (Å²) < 4.78 is 51.2. The third-order valence-electron chi connectivity index (χ3n) is 2.48. The molecule has 0 unspecified atom stereocenters. The second-order valence-corrected chi connectivity index (χ2v) is 7.92. The van der Waals surface area contributed by atoms with Crippen molar-refractivity contribution < 1.29 is 16.8 Å². The van der Waals surface area contributed by atoms with Gasteiger partial charge in [-0.05, 0) is 37.3 Å². The Kier molecular flexibility index (Phi) is 4.33. The number of sulfonamides is 2. The zero-order valence-electron chi connectivity index (χ0n) is 11.8. The second kappa shape index (κ2) is 5.89. The number of aryl methyl sites for hydroxylation is 1. The largest absolute Gasteiger partial charge is 0.284 e. The van der Waals surface area contributed by atoms with E-state index in [0.717, 1.165) is 6.26 Å². The fourth-order valence-corrected chi connectivity index (χ4v) is 3.19. The van der Waals surface area contributed by atoms with Crippen LogP contribution in [0.25, 0.3) is 0 Å². The Labute approximate surface area is 128 Å². The summed E-state index contributed by atoms with van der Waals surface area (Å²) in [6.45, 7) is 1.64. The molecule has 2 rings (SSSR count). The predicted molar refractivity (Wildman–Crippen MR) is 82.5 cm³/mol. The third kappa shape index (κ3) is 4.40. The van der Waals surface area contributed by atoms with Crippen molar-refractivity contribution in [3.8, 4) is 0 Å². The van der Waals surface area contributed by atoms with Gasteiger partial charge in [-0.25, -0.2) is 26.8 Å². The lowest BCUT2D eigenvalue weighted by atomic mass is 10.3. The minimum Gasteiger partial charge on any atom is -0.284 e. The predicted octanol–water partition coefficient (Wildman–Crippen LogP) is 0.957. The van der Waals surface area contributed by atoms with Gasteiger partial charge < -0.3 is 0 Å². The lowest BCUT2D eigenvalue weighted by Crippen LogP contribution is -2.14. The SMILES string of the molecule is Cc1nccc(NS(=O)(=O)c2ccc(NS(C)(=O)=O)cc2)n1. The van der Waals surface area contributed by atoms with Crippen molar-refractivity contribution in [2.24, 2.45) is 0 Å². The molecule has 22 heavy (non-hydrogen) atoms. The Morgan fingerprint density at radius 1 is 0.955 bits per heavy atom. The van der Waals surface area contributed by atoms with E-state index in [1.807, 2.05) is 0 Å². The van der Waals surface area contributed by atoms with Crippen molar-refractivity contribution in [1.82, 2.24) is 9.97 Å². The summed E-state index contributed by atoms with van der Waals surface area (Å²) in [5, 5.41) is 0. The number of nitrogens with zero attached hydrogens (tertiary/aromatic N) is 2. The number of aromatic nitrogens is 2. The minimum absolute atomic E-state index is 0.0113. The van der Waals surface area contributed by atoms with Crippen LogP contribution in [-0.2, 0) is 20.0 Å². The van der Waals surface area contributed by atoms with Crippen LogP contribution in [0.5, 0.6) is 0 Å². The first kappa shape index (κ1) is 16.2. The fraction of sp³-hybridized carbons (Fsp3) is 0.167. The number of hydrogen-bond donors (Lipinski definition) is 2. The average molecular weight is 342 g/mol. The van der Waals surface area contributed by atoms with E-state index in [4.69, 9.17) is 0 Å². The molecular formula is C12H14N4O4S2. The van der Waals surface area contributed by atoms with E-state index in [0.29, 0.717) is 5.82 Å². The molecular weight excluding hydrogens is 328 g/mol. The standard InChI is InChI=1S/C12H14N4O4S2/c1-9-13-8-7-12(14-9)16-22(19,20)11-5-3-10(4-6-11)15-21(2,17)18/h3-8,15H,1-2H3,(H,13,14,16).